The van der Waals surface area contributed by atoms with Crippen molar-refractivity contribution >= 4 is 10.0 Å². The summed E-state index contributed by atoms with van der Waals surface area (Å²) in [6, 6.07) is 4.65. The zero-order valence-corrected chi connectivity index (χ0v) is 14.7. The van der Waals surface area contributed by atoms with Crippen molar-refractivity contribution in [3.63, 3.8) is 0 Å². The van der Waals surface area contributed by atoms with E-state index in [2.05, 4.69) is 21.8 Å². The molecule has 9 heteroatoms. The number of hydrogen-bond donors (Lipinski definition) is 1. The van der Waals surface area contributed by atoms with Gasteiger partial charge in [-0.3, -0.25) is 4.90 Å². The number of hydrogen-bond acceptors (Lipinski definition) is 6. The Morgan fingerprint density at radius 1 is 1.28 bits per heavy atom. The Morgan fingerprint density at radius 2 is 2.12 bits per heavy atom. The van der Waals surface area contributed by atoms with Crippen molar-refractivity contribution in [1.82, 2.24) is 19.2 Å². The molecule has 2 aliphatic rings. The van der Waals surface area contributed by atoms with Gasteiger partial charge in [-0.15, -0.1) is 0 Å². The Bertz CT molecular complexity index is 853. The van der Waals surface area contributed by atoms with Gasteiger partial charge in [-0.05, 0) is 18.7 Å². The summed E-state index contributed by atoms with van der Waals surface area (Å²) in [4.78, 5) is 9.87. The number of H-pyrrole nitrogens is 1. The van der Waals surface area contributed by atoms with Gasteiger partial charge in [-0.2, -0.15) is 4.31 Å². The van der Waals surface area contributed by atoms with Gasteiger partial charge >= 0.3 is 0 Å². The van der Waals surface area contributed by atoms with Crippen LogP contribution in [-0.2, 0) is 10.0 Å². The Kier molecular flexibility index (Phi) is 4.14. The van der Waals surface area contributed by atoms with E-state index in [1.807, 2.05) is 0 Å². The lowest BCUT2D eigenvalue weighted by molar-refractivity contribution is 0.119. The van der Waals surface area contributed by atoms with E-state index in [0.717, 1.165) is 12.4 Å². The van der Waals surface area contributed by atoms with E-state index in [1.165, 1.54) is 10.4 Å². The molecule has 0 amide bonds. The van der Waals surface area contributed by atoms with E-state index in [9.17, 15) is 8.42 Å². The lowest BCUT2D eigenvalue weighted by Crippen LogP contribution is -2.50. The van der Waals surface area contributed by atoms with E-state index in [4.69, 9.17) is 9.47 Å². The van der Waals surface area contributed by atoms with Crippen LogP contribution in [0.15, 0.2) is 35.5 Å². The molecule has 134 valence electrons. The zero-order chi connectivity index (χ0) is 17.4. The molecule has 0 bridgehead atoms. The van der Waals surface area contributed by atoms with Crippen LogP contribution in [-0.4, -0.2) is 60.6 Å². The standard InChI is InChI=1S/C16H20N4O4S/c1-2-19-7-8-20(10-13(19)16-17-5-6-18-16)25(21,22)12-3-4-14-15(9-12)24-11-23-14/h3-6,9,13H,2,7-8,10-11H2,1H3,(H,17,18). The summed E-state index contributed by atoms with van der Waals surface area (Å²) in [5.74, 6) is 1.83. The molecule has 4 rings (SSSR count). The number of aromatic nitrogens is 2. The Balaban J connectivity index is 1.62. The molecule has 8 nitrogen and oxygen atoms in total. The average molecular weight is 364 g/mol. The van der Waals surface area contributed by atoms with Crippen molar-refractivity contribution < 1.29 is 17.9 Å². The quantitative estimate of drug-likeness (QED) is 0.877. The summed E-state index contributed by atoms with van der Waals surface area (Å²) in [7, 11) is -3.61. The van der Waals surface area contributed by atoms with Crippen LogP contribution in [0.25, 0.3) is 0 Å². The maximum absolute atomic E-state index is 13.1. The van der Waals surface area contributed by atoms with Gasteiger partial charge < -0.3 is 14.5 Å². The summed E-state index contributed by atoms with van der Waals surface area (Å²) in [6.07, 6.45) is 3.45. The fourth-order valence-corrected chi connectivity index (χ4v) is 4.75. The Labute approximate surface area is 146 Å². The Morgan fingerprint density at radius 3 is 2.88 bits per heavy atom. The molecule has 1 fully saturated rings. The van der Waals surface area contributed by atoms with E-state index in [0.29, 0.717) is 31.1 Å². The molecule has 0 aliphatic carbocycles. The third-order valence-electron chi connectivity index (χ3n) is 4.68. The van der Waals surface area contributed by atoms with Crippen LogP contribution in [0, 0.1) is 0 Å². The lowest BCUT2D eigenvalue weighted by Gasteiger charge is -2.39. The average Bonchev–Trinajstić information content (AvgIpc) is 3.31. The highest BCUT2D eigenvalue weighted by Crippen LogP contribution is 2.35. The first-order valence-electron chi connectivity index (χ1n) is 8.22. The summed E-state index contributed by atoms with van der Waals surface area (Å²) >= 11 is 0. The summed E-state index contributed by atoms with van der Waals surface area (Å²) in [5.41, 5.74) is 0. The van der Waals surface area contributed by atoms with E-state index in [-0.39, 0.29) is 17.7 Å². The van der Waals surface area contributed by atoms with Crippen LogP contribution in [0.3, 0.4) is 0 Å². The van der Waals surface area contributed by atoms with Gasteiger partial charge in [0.25, 0.3) is 0 Å². The molecule has 0 saturated carbocycles. The molecule has 1 aromatic heterocycles. The second-order valence-corrected chi connectivity index (χ2v) is 7.93. The van der Waals surface area contributed by atoms with Crippen LogP contribution < -0.4 is 9.47 Å². The molecule has 1 atom stereocenters. The number of rotatable bonds is 4. The topological polar surface area (TPSA) is 87.8 Å². The van der Waals surface area contributed by atoms with E-state index < -0.39 is 10.0 Å². The maximum atomic E-state index is 13.1. The fourth-order valence-electron chi connectivity index (χ4n) is 3.30. The van der Waals surface area contributed by atoms with Gasteiger partial charge in [-0.1, -0.05) is 6.92 Å². The number of likely N-dealkylation sites (N-methyl/N-ethyl adjacent to an activating group) is 1. The monoisotopic (exact) mass is 364 g/mol. The number of piperazine rings is 1. The van der Waals surface area contributed by atoms with Gasteiger partial charge in [0, 0.05) is 38.1 Å². The zero-order valence-electron chi connectivity index (χ0n) is 13.9. The number of benzene rings is 1. The van der Waals surface area contributed by atoms with Gasteiger partial charge in [0.05, 0.1) is 10.9 Å². The molecular weight excluding hydrogens is 344 g/mol. The second kappa shape index (κ2) is 6.32. The van der Waals surface area contributed by atoms with Crippen molar-refractivity contribution in [3.8, 4) is 11.5 Å². The van der Waals surface area contributed by atoms with Crippen LogP contribution in [0.1, 0.15) is 18.8 Å². The highest BCUT2D eigenvalue weighted by atomic mass is 32.2. The minimum Gasteiger partial charge on any atom is -0.454 e. The second-order valence-electron chi connectivity index (χ2n) is 6.00. The Hall–Kier alpha value is -2.10. The normalized spacial score (nSPS) is 21.6. The molecule has 2 aromatic rings. The highest BCUT2D eigenvalue weighted by Gasteiger charge is 2.36. The van der Waals surface area contributed by atoms with Crippen LogP contribution in [0.4, 0.5) is 0 Å². The molecule has 3 heterocycles. The number of sulfonamides is 1. The van der Waals surface area contributed by atoms with E-state index >= 15 is 0 Å². The van der Waals surface area contributed by atoms with Crippen molar-refractivity contribution in [2.45, 2.75) is 17.9 Å². The lowest BCUT2D eigenvalue weighted by atomic mass is 10.2. The van der Waals surface area contributed by atoms with Crippen molar-refractivity contribution in [2.75, 3.05) is 33.0 Å². The predicted octanol–water partition coefficient (Wildman–Crippen LogP) is 1.21. The SMILES string of the molecule is CCN1CCN(S(=O)(=O)c2ccc3c(c2)OCO3)CC1c1ncc[nH]1. The highest BCUT2D eigenvalue weighted by molar-refractivity contribution is 7.89. The molecular formula is C16H20N4O4S. The molecule has 2 aliphatic heterocycles. The number of nitrogens with one attached hydrogen (secondary N) is 1. The fraction of sp³-hybridized carbons (Fsp3) is 0.438. The first-order chi connectivity index (χ1) is 12.1. The summed E-state index contributed by atoms with van der Waals surface area (Å²) < 4.78 is 38.2. The van der Waals surface area contributed by atoms with Gasteiger partial charge in [0.2, 0.25) is 16.8 Å². The molecule has 1 aromatic carbocycles. The number of fused-ring (bicyclic) bond motifs is 1. The molecule has 1 N–H and O–H groups in total. The van der Waals surface area contributed by atoms with Crippen molar-refractivity contribution in [3.05, 3.63) is 36.4 Å². The van der Waals surface area contributed by atoms with Crippen molar-refractivity contribution in [1.29, 1.82) is 0 Å². The number of aromatic amines is 1. The van der Waals surface area contributed by atoms with Gasteiger partial charge in [-0.25, -0.2) is 13.4 Å². The largest absolute Gasteiger partial charge is 0.454 e. The third kappa shape index (κ3) is 2.88. The van der Waals surface area contributed by atoms with Crippen LogP contribution >= 0.6 is 0 Å². The predicted molar refractivity (Wildman–Crippen MR) is 89.9 cm³/mol. The number of nitrogens with zero attached hydrogens (tertiary/aromatic N) is 3. The number of imidazole rings is 1. The smallest absolute Gasteiger partial charge is 0.243 e. The molecule has 0 spiro atoms. The van der Waals surface area contributed by atoms with Crippen LogP contribution in [0.2, 0.25) is 0 Å². The molecule has 25 heavy (non-hydrogen) atoms. The molecule has 1 unspecified atom stereocenters. The molecule has 1 saturated heterocycles. The van der Waals surface area contributed by atoms with Crippen molar-refractivity contribution in [2.24, 2.45) is 0 Å². The minimum atomic E-state index is -3.61. The summed E-state index contributed by atoms with van der Waals surface area (Å²) in [6.45, 7) is 4.49. The first-order valence-corrected chi connectivity index (χ1v) is 9.66. The van der Waals surface area contributed by atoms with E-state index in [1.54, 1.807) is 24.5 Å². The molecule has 0 radical (unpaired) electrons. The first kappa shape index (κ1) is 16.4. The van der Waals surface area contributed by atoms with Gasteiger partial charge in [0.1, 0.15) is 5.82 Å². The maximum Gasteiger partial charge on any atom is 0.243 e. The number of ether oxygens (including phenoxy) is 2. The van der Waals surface area contributed by atoms with Crippen LogP contribution in [0.5, 0.6) is 11.5 Å². The third-order valence-corrected chi connectivity index (χ3v) is 6.54. The minimum absolute atomic E-state index is 0.0856. The summed E-state index contributed by atoms with van der Waals surface area (Å²) in [5, 5.41) is 0. The van der Waals surface area contributed by atoms with Gasteiger partial charge in [0.15, 0.2) is 11.5 Å².